The van der Waals surface area contributed by atoms with Crippen molar-refractivity contribution in [2.75, 3.05) is 33.3 Å². The highest BCUT2D eigenvalue weighted by molar-refractivity contribution is 5.91. The fourth-order valence-corrected chi connectivity index (χ4v) is 3.90. The molecular weight excluding hydrogens is 416 g/mol. The largest absolute Gasteiger partial charge is 0.496 e. The first-order chi connectivity index (χ1) is 16.1. The zero-order valence-electron chi connectivity index (χ0n) is 19.2. The number of carbonyl (C=O) groups excluding carboxylic acids is 1. The van der Waals surface area contributed by atoms with Crippen LogP contribution in [0.1, 0.15) is 16.7 Å². The lowest BCUT2D eigenvalue weighted by atomic mass is 10.1. The highest BCUT2D eigenvalue weighted by Crippen LogP contribution is 2.23. The minimum Gasteiger partial charge on any atom is -0.496 e. The Morgan fingerprint density at radius 3 is 2.58 bits per heavy atom. The van der Waals surface area contributed by atoms with Crippen molar-refractivity contribution in [1.29, 1.82) is 0 Å². The van der Waals surface area contributed by atoms with Gasteiger partial charge in [0.25, 0.3) is 0 Å². The minimum atomic E-state index is 0.0360. The summed E-state index contributed by atoms with van der Waals surface area (Å²) in [6.45, 7) is 4.42. The monoisotopic (exact) mass is 446 g/mol. The number of para-hydroxylation sites is 1. The predicted molar refractivity (Wildman–Crippen MR) is 128 cm³/mol. The van der Waals surface area contributed by atoms with Crippen LogP contribution < -0.4 is 9.47 Å². The number of benzene rings is 2. The summed E-state index contributed by atoms with van der Waals surface area (Å²) in [6, 6.07) is 15.5. The van der Waals surface area contributed by atoms with E-state index in [0.29, 0.717) is 6.61 Å². The van der Waals surface area contributed by atoms with Crippen LogP contribution in [-0.4, -0.2) is 58.8 Å². The zero-order chi connectivity index (χ0) is 23.0. The first-order valence-corrected chi connectivity index (χ1v) is 11.1. The van der Waals surface area contributed by atoms with E-state index in [1.165, 1.54) is 5.56 Å². The Bertz CT molecular complexity index is 1090. The standard InChI is InChI=1S/C26H30N4O3/c1-28-18-22(17-27-28)19-29-12-14-30(15-13-29)26(31)11-9-21-8-10-25(32-2)23(16-21)20-33-24-6-4-3-5-7-24/h3-11,16-18H,12-15,19-20H2,1-2H3/b11-9+. The van der Waals surface area contributed by atoms with Gasteiger partial charge in [-0.2, -0.15) is 5.10 Å². The van der Waals surface area contributed by atoms with Crippen LogP contribution in [-0.2, 0) is 25.0 Å². The number of aryl methyl sites for hydroxylation is 1. The molecule has 4 rings (SSSR count). The van der Waals surface area contributed by atoms with E-state index in [2.05, 4.69) is 10.00 Å². The lowest BCUT2D eigenvalue weighted by molar-refractivity contribution is -0.127. The molecule has 33 heavy (non-hydrogen) atoms. The van der Waals surface area contributed by atoms with Crippen molar-refractivity contribution >= 4 is 12.0 Å². The second-order valence-corrected chi connectivity index (χ2v) is 8.13. The molecule has 1 aliphatic heterocycles. The number of piperazine rings is 1. The third-order valence-electron chi connectivity index (χ3n) is 5.71. The van der Waals surface area contributed by atoms with E-state index in [1.54, 1.807) is 13.2 Å². The topological polar surface area (TPSA) is 59.8 Å². The van der Waals surface area contributed by atoms with Crippen LogP contribution in [0.15, 0.2) is 67.0 Å². The van der Waals surface area contributed by atoms with Gasteiger partial charge < -0.3 is 14.4 Å². The number of hydrogen-bond acceptors (Lipinski definition) is 5. The predicted octanol–water partition coefficient (Wildman–Crippen LogP) is 3.37. The van der Waals surface area contributed by atoms with Crippen molar-refractivity contribution in [2.45, 2.75) is 13.2 Å². The number of aromatic nitrogens is 2. The molecule has 7 nitrogen and oxygen atoms in total. The molecule has 0 bridgehead atoms. The van der Waals surface area contributed by atoms with Crippen LogP contribution in [0.25, 0.3) is 6.08 Å². The fraction of sp³-hybridized carbons (Fsp3) is 0.308. The van der Waals surface area contributed by atoms with Gasteiger partial charge in [-0.3, -0.25) is 14.4 Å². The molecule has 1 aromatic heterocycles. The minimum absolute atomic E-state index is 0.0360. The molecule has 0 N–H and O–H groups in total. The quantitative estimate of drug-likeness (QED) is 0.497. The third-order valence-corrected chi connectivity index (χ3v) is 5.71. The summed E-state index contributed by atoms with van der Waals surface area (Å²) in [5, 5.41) is 4.22. The van der Waals surface area contributed by atoms with Crippen molar-refractivity contribution in [2.24, 2.45) is 7.05 Å². The van der Waals surface area contributed by atoms with Crippen LogP contribution in [0.5, 0.6) is 11.5 Å². The number of amides is 1. The molecular formula is C26H30N4O3. The van der Waals surface area contributed by atoms with Crippen LogP contribution >= 0.6 is 0 Å². The molecule has 3 aromatic rings. The van der Waals surface area contributed by atoms with Crippen molar-refractivity contribution in [1.82, 2.24) is 19.6 Å². The molecule has 1 saturated heterocycles. The Morgan fingerprint density at radius 2 is 1.88 bits per heavy atom. The highest BCUT2D eigenvalue weighted by atomic mass is 16.5. The number of carbonyl (C=O) groups is 1. The highest BCUT2D eigenvalue weighted by Gasteiger charge is 2.20. The smallest absolute Gasteiger partial charge is 0.246 e. The normalized spacial score (nSPS) is 14.5. The molecule has 0 aliphatic carbocycles. The van der Waals surface area contributed by atoms with E-state index < -0.39 is 0 Å². The second kappa shape index (κ2) is 10.8. The van der Waals surface area contributed by atoms with E-state index in [1.807, 2.05) is 83.6 Å². The van der Waals surface area contributed by atoms with Gasteiger partial charge in [-0.1, -0.05) is 24.3 Å². The molecule has 0 atom stereocenters. The lowest BCUT2D eigenvalue weighted by Crippen LogP contribution is -2.47. The number of nitrogens with zero attached hydrogens (tertiary/aromatic N) is 4. The number of methoxy groups -OCH3 is 1. The van der Waals surface area contributed by atoms with Gasteiger partial charge in [0, 0.05) is 63.2 Å². The Hall–Kier alpha value is -3.58. The average molecular weight is 447 g/mol. The second-order valence-electron chi connectivity index (χ2n) is 8.13. The van der Waals surface area contributed by atoms with Gasteiger partial charge in [-0.15, -0.1) is 0 Å². The summed E-state index contributed by atoms with van der Waals surface area (Å²) in [5.41, 5.74) is 3.06. The first kappa shape index (κ1) is 22.6. The van der Waals surface area contributed by atoms with E-state index in [4.69, 9.17) is 9.47 Å². The number of ether oxygens (including phenoxy) is 2. The Morgan fingerprint density at radius 1 is 1.09 bits per heavy atom. The van der Waals surface area contributed by atoms with Crippen molar-refractivity contribution in [3.05, 3.63) is 83.7 Å². The SMILES string of the molecule is COc1ccc(/C=C/C(=O)N2CCN(Cc3cnn(C)c3)CC2)cc1COc1ccccc1. The van der Waals surface area contributed by atoms with Crippen LogP contribution in [0.3, 0.4) is 0 Å². The number of rotatable bonds is 8. The van der Waals surface area contributed by atoms with Crippen LogP contribution in [0.2, 0.25) is 0 Å². The molecule has 0 saturated carbocycles. The van der Waals surface area contributed by atoms with Gasteiger partial charge in [0.1, 0.15) is 18.1 Å². The van der Waals surface area contributed by atoms with Crippen molar-refractivity contribution in [3.8, 4) is 11.5 Å². The zero-order valence-corrected chi connectivity index (χ0v) is 19.2. The average Bonchev–Trinajstić information content (AvgIpc) is 3.26. The maximum Gasteiger partial charge on any atom is 0.246 e. The Kier molecular flexibility index (Phi) is 7.42. The van der Waals surface area contributed by atoms with Crippen LogP contribution in [0.4, 0.5) is 0 Å². The van der Waals surface area contributed by atoms with Gasteiger partial charge in [0.15, 0.2) is 0 Å². The molecule has 1 amide bonds. The molecule has 2 aromatic carbocycles. The molecule has 2 heterocycles. The van der Waals surface area contributed by atoms with Crippen molar-refractivity contribution < 1.29 is 14.3 Å². The summed E-state index contributed by atoms with van der Waals surface area (Å²) in [5.74, 6) is 1.60. The van der Waals surface area contributed by atoms with Crippen LogP contribution in [0, 0.1) is 0 Å². The van der Waals surface area contributed by atoms with Gasteiger partial charge >= 0.3 is 0 Å². The maximum absolute atomic E-state index is 12.7. The molecule has 172 valence electrons. The van der Waals surface area contributed by atoms with E-state index in [9.17, 15) is 4.79 Å². The van der Waals surface area contributed by atoms with Gasteiger partial charge in [-0.25, -0.2) is 0 Å². The maximum atomic E-state index is 12.7. The molecule has 0 unspecified atom stereocenters. The van der Waals surface area contributed by atoms with E-state index in [-0.39, 0.29) is 5.91 Å². The van der Waals surface area contributed by atoms with Gasteiger partial charge in [0.2, 0.25) is 5.91 Å². The number of hydrogen-bond donors (Lipinski definition) is 0. The first-order valence-electron chi connectivity index (χ1n) is 11.1. The van der Waals surface area contributed by atoms with E-state index >= 15 is 0 Å². The summed E-state index contributed by atoms with van der Waals surface area (Å²) in [7, 11) is 3.57. The van der Waals surface area contributed by atoms with Gasteiger partial charge in [0.05, 0.1) is 13.3 Å². The summed E-state index contributed by atoms with van der Waals surface area (Å²) < 4.78 is 13.2. The molecule has 0 spiro atoms. The van der Waals surface area contributed by atoms with Gasteiger partial charge in [-0.05, 0) is 35.9 Å². The molecule has 1 aliphatic rings. The molecule has 0 radical (unpaired) electrons. The Labute approximate surface area is 194 Å². The summed E-state index contributed by atoms with van der Waals surface area (Å²) in [4.78, 5) is 17.0. The fourth-order valence-electron chi connectivity index (χ4n) is 3.90. The third kappa shape index (κ3) is 6.23. The Balaban J connectivity index is 1.32. The molecule has 1 fully saturated rings. The van der Waals surface area contributed by atoms with E-state index in [0.717, 1.165) is 55.3 Å². The lowest BCUT2D eigenvalue weighted by Gasteiger charge is -2.34. The molecule has 7 heteroatoms. The summed E-state index contributed by atoms with van der Waals surface area (Å²) in [6.07, 6.45) is 7.44. The van der Waals surface area contributed by atoms with Crippen molar-refractivity contribution in [3.63, 3.8) is 0 Å². The summed E-state index contributed by atoms with van der Waals surface area (Å²) >= 11 is 0.